The van der Waals surface area contributed by atoms with Gasteiger partial charge in [-0.3, -0.25) is 4.79 Å². The summed E-state index contributed by atoms with van der Waals surface area (Å²) >= 11 is 0. The van der Waals surface area contributed by atoms with Gasteiger partial charge in [-0.25, -0.2) is 4.98 Å². The number of primary amides is 1. The monoisotopic (exact) mass is 270 g/mol. The van der Waals surface area contributed by atoms with E-state index in [1.165, 1.54) is 5.56 Å². The zero-order chi connectivity index (χ0) is 14.5. The van der Waals surface area contributed by atoms with Gasteiger partial charge in [-0.15, -0.1) is 0 Å². The van der Waals surface area contributed by atoms with Gasteiger partial charge in [0.15, 0.2) is 0 Å². The first-order valence-electron chi connectivity index (χ1n) is 6.42. The summed E-state index contributed by atoms with van der Waals surface area (Å²) in [5, 5.41) is 3.16. The molecule has 0 spiro atoms. The smallest absolute Gasteiger partial charge is 0.252 e. The molecule has 0 fully saturated rings. The molecule has 1 aromatic carbocycles. The van der Waals surface area contributed by atoms with Crippen molar-refractivity contribution in [1.29, 1.82) is 0 Å². The van der Waals surface area contributed by atoms with Gasteiger partial charge in [0.2, 0.25) is 0 Å². The van der Waals surface area contributed by atoms with Gasteiger partial charge in [-0.2, -0.15) is 0 Å². The number of carbonyl (C=O) groups excluding carboxylic acids is 1. The molecule has 104 valence electrons. The van der Waals surface area contributed by atoms with Crippen LogP contribution in [0.1, 0.15) is 21.6 Å². The molecule has 0 bridgehead atoms. The van der Waals surface area contributed by atoms with Gasteiger partial charge in [0.05, 0.1) is 5.56 Å². The molecule has 0 aliphatic rings. The van der Waals surface area contributed by atoms with E-state index in [0.29, 0.717) is 17.9 Å². The molecule has 20 heavy (non-hydrogen) atoms. The number of benzene rings is 1. The third kappa shape index (κ3) is 3.47. The Morgan fingerprint density at radius 1 is 1.20 bits per heavy atom. The molecule has 2 rings (SSSR count). The van der Waals surface area contributed by atoms with E-state index >= 15 is 0 Å². The molecule has 5 heteroatoms. The number of aromatic nitrogens is 1. The molecule has 5 nitrogen and oxygen atoms in total. The summed E-state index contributed by atoms with van der Waals surface area (Å²) < 4.78 is 0. The maximum atomic E-state index is 11.3. The molecule has 0 saturated carbocycles. The standard InChI is InChI=1S/C15H18N4O/c1-10-2-7-13(14(17)20)15(19-10)18-9-8-11-3-5-12(16)6-4-11/h2-7H,8-9,16H2,1H3,(H2,17,20)(H,18,19). The molecule has 0 saturated heterocycles. The van der Waals surface area contributed by atoms with E-state index in [2.05, 4.69) is 10.3 Å². The fraction of sp³-hybridized carbons (Fsp3) is 0.200. The van der Waals surface area contributed by atoms with Crippen molar-refractivity contribution in [2.24, 2.45) is 5.73 Å². The minimum Gasteiger partial charge on any atom is -0.399 e. The number of rotatable bonds is 5. The third-order valence-corrected chi connectivity index (χ3v) is 2.99. The Hall–Kier alpha value is -2.56. The normalized spacial score (nSPS) is 10.2. The highest BCUT2D eigenvalue weighted by atomic mass is 16.1. The second-order valence-corrected chi connectivity index (χ2v) is 4.63. The number of aryl methyl sites for hydroxylation is 1. The Morgan fingerprint density at radius 3 is 2.55 bits per heavy atom. The van der Waals surface area contributed by atoms with Gasteiger partial charge in [0.1, 0.15) is 5.82 Å². The molecule has 1 heterocycles. The van der Waals surface area contributed by atoms with E-state index < -0.39 is 5.91 Å². The number of hydrogen-bond acceptors (Lipinski definition) is 4. The van der Waals surface area contributed by atoms with Gasteiger partial charge in [0, 0.05) is 17.9 Å². The molecular weight excluding hydrogens is 252 g/mol. The van der Waals surface area contributed by atoms with E-state index in [9.17, 15) is 4.79 Å². The number of nitrogens with two attached hydrogens (primary N) is 2. The fourth-order valence-electron chi connectivity index (χ4n) is 1.90. The van der Waals surface area contributed by atoms with Crippen molar-refractivity contribution in [3.05, 3.63) is 53.2 Å². The molecule has 0 atom stereocenters. The first-order chi connectivity index (χ1) is 9.56. The minimum absolute atomic E-state index is 0.410. The van der Waals surface area contributed by atoms with Crippen LogP contribution >= 0.6 is 0 Å². The van der Waals surface area contributed by atoms with Crippen molar-refractivity contribution < 1.29 is 4.79 Å². The van der Waals surface area contributed by atoms with Gasteiger partial charge in [-0.1, -0.05) is 12.1 Å². The molecule has 1 aromatic heterocycles. The number of carbonyl (C=O) groups is 1. The molecule has 1 amide bonds. The zero-order valence-electron chi connectivity index (χ0n) is 11.4. The number of nitrogens with one attached hydrogen (secondary N) is 1. The van der Waals surface area contributed by atoms with E-state index in [1.807, 2.05) is 31.2 Å². The number of pyridine rings is 1. The van der Waals surface area contributed by atoms with Crippen LogP contribution < -0.4 is 16.8 Å². The fourth-order valence-corrected chi connectivity index (χ4v) is 1.90. The van der Waals surface area contributed by atoms with Crippen LogP contribution in [0.5, 0.6) is 0 Å². The largest absolute Gasteiger partial charge is 0.399 e. The summed E-state index contributed by atoms with van der Waals surface area (Å²) in [6.45, 7) is 2.54. The molecule has 0 aliphatic heterocycles. The summed E-state index contributed by atoms with van der Waals surface area (Å²) in [5.74, 6) is 0.0560. The first kappa shape index (κ1) is 13.9. The summed E-state index contributed by atoms with van der Waals surface area (Å²) in [4.78, 5) is 15.6. The van der Waals surface area contributed by atoms with Crippen molar-refractivity contribution in [2.75, 3.05) is 17.6 Å². The highest BCUT2D eigenvalue weighted by Gasteiger charge is 2.09. The quantitative estimate of drug-likeness (QED) is 0.721. The molecule has 2 aromatic rings. The van der Waals surface area contributed by atoms with Crippen LogP contribution in [-0.2, 0) is 6.42 Å². The number of nitrogen functional groups attached to an aromatic ring is 1. The summed E-state index contributed by atoms with van der Waals surface area (Å²) in [6, 6.07) is 11.2. The van der Waals surface area contributed by atoms with E-state index in [0.717, 1.165) is 17.8 Å². The number of nitrogens with zero attached hydrogens (tertiary/aromatic N) is 1. The average Bonchev–Trinajstić information content (AvgIpc) is 2.41. The van der Waals surface area contributed by atoms with Crippen molar-refractivity contribution in [3.63, 3.8) is 0 Å². The van der Waals surface area contributed by atoms with Gasteiger partial charge in [0.25, 0.3) is 5.91 Å². The zero-order valence-corrected chi connectivity index (χ0v) is 11.4. The Balaban J connectivity index is 2.02. The van der Waals surface area contributed by atoms with Crippen LogP contribution in [0.25, 0.3) is 0 Å². The van der Waals surface area contributed by atoms with Gasteiger partial charge < -0.3 is 16.8 Å². The lowest BCUT2D eigenvalue weighted by Crippen LogP contribution is -2.17. The summed E-state index contributed by atoms with van der Waals surface area (Å²) in [7, 11) is 0. The maximum Gasteiger partial charge on any atom is 0.252 e. The molecule has 5 N–H and O–H groups in total. The predicted octanol–water partition coefficient (Wildman–Crippen LogP) is 1.73. The second-order valence-electron chi connectivity index (χ2n) is 4.63. The molecular formula is C15H18N4O. The number of anilines is 2. The number of hydrogen-bond donors (Lipinski definition) is 3. The lowest BCUT2D eigenvalue weighted by molar-refractivity contribution is 0.100. The van der Waals surface area contributed by atoms with Gasteiger partial charge >= 0.3 is 0 Å². The SMILES string of the molecule is Cc1ccc(C(N)=O)c(NCCc2ccc(N)cc2)n1. The van der Waals surface area contributed by atoms with Crippen molar-refractivity contribution in [3.8, 4) is 0 Å². The Bertz CT molecular complexity index is 608. The van der Waals surface area contributed by atoms with Crippen molar-refractivity contribution >= 4 is 17.4 Å². The van der Waals surface area contributed by atoms with Crippen LogP contribution in [0.15, 0.2) is 36.4 Å². The topological polar surface area (TPSA) is 94.0 Å². The summed E-state index contributed by atoms with van der Waals surface area (Å²) in [6.07, 6.45) is 0.814. The third-order valence-electron chi connectivity index (χ3n) is 2.99. The Kier molecular flexibility index (Phi) is 4.20. The van der Waals surface area contributed by atoms with Crippen LogP contribution in [0.4, 0.5) is 11.5 Å². The lowest BCUT2D eigenvalue weighted by atomic mass is 10.1. The molecule has 0 unspecified atom stereocenters. The van der Waals surface area contributed by atoms with Crippen LogP contribution in [0.3, 0.4) is 0 Å². The maximum absolute atomic E-state index is 11.3. The van der Waals surface area contributed by atoms with Crippen molar-refractivity contribution in [2.45, 2.75) is 13.3 Å². The van der Waals surface area contributed by atoms with E-state index in [-0.39, 0.29) is 0 Å². The van der Waals surface area contributed by atoms with Crippen molar-refractivity contribution in [1.82, 2.24) is 4.98 Å². The predicted molar refractivity (Wildman–Crippen MR) is 80.5 cm³/mol. The Morgan fingerprint density at radius 2 is 1.90 bits per heavy atom. The Labute approximate surface area is 118 Å². The van der Waals surface area contributed by atoms with E-state index in [4.69, 9.17) is 11.5 Å². The second kappa shape index (κ2) is 6.06. The minimum atomic E-state index is -0.479. The average molecular weight is 270 g/mol. The van der Waals surface area contributed by atoms with Gasteiger partial charge in [-0.05, 0) is 43.2 Å². The number of amides is 1. The highest BCUT2D eigenvalue weighted by molar-refractivity contribution is 5.97. The van der Waals surface area contributed by atoms with Crippen LogP contribution in [0, 0.1) is 6.92 Å². The highest BCUT2D eigenvalue weighted by Crippen LogP contribution is 2.13. The molecule has 0 aliphatic carbocycles. The van der Waals surface area contributed by atoms with Crippen LogP contribution in [-0.4, -0.2) is 17.4 Å². The van der Waals surface area contributed by atoms with Crippen LogP contribution in [0.2, 0.25) is 0 Å². The summed E-state index contributed by atoms with van der Waals surface area (Å²) in [5.41, 5.74) is 14.1. The molecule has 0 radical (unpaired) electrons. The van der Waals surface area contributed by atoms with E-state index in [1.54, 1.807) is 12.1 Å². The lowest BCUT2D eigenvalue weighted by Gasteiger charge is -2.10. The first-order valence-corrected chi connectivity index (χ1v) is 6.42.